The van der Waals surface area contributed by atoms with Gasteiger partial charge in [-0.3, -0.25) is 0 Å². The largest absolute Gasteiger partial charge is 0.329 e. The Bertz CT molecular complexity index is 382. The second-order valence-corrected chi connectivity index (χ2v) is 4.35. The zero-order valence-electron chi connectivity index (χ0n) is 8.14. The molecule has 0 radical (unpaired) electrons. The zero-order chi connectivity index (χ0) is 10.7. The van der Waals surface area contributed by atoms with E-state index < -0.39 is 0 Å². The molecule has 1 aromatic rings. The van der Waals surface area contributed by atoms with Gasteiger partial charge < -0.3 is 10.2 Å². The van der Waals surface area contributed by atoms with E-state index in [1.165, 1.54) is 4.88 Å². The van der Waals surface area contributed by atoms with Gasteiger partial charge in [0.25, 0.3) is 0 Å². The molecule has 1 aliphatic rings. The normalized spacial score (nSPS) is 20.1. The number of urea groups is 1. The molecule has 2 amide bonds. The molecule has 1 aromatic heterocycles. The van der Waals surface area contributed by atoms with Gasteiger partial charge in [-0.2, -0.15) is 5.26 Å². The summed E-state index contributed by atoms with van der Waals surface area (Å²) in [5, 5.41) is 13.4. The van der Waals surface area contributed by atoms with E-state index in [0.717, 1.165) is 0 Å². The molecule has 1 atom stereocenters. The first kappa shape index (κ1) is 9.99. The Kier molecular flexibility index (Phi) is 2.88. The second kappa shape index (κ2) is 4.32. The molecular weight excluding hydrogens is 210 g/mol. The van der Waals surface area contributed by atoms with Crippen LogP contribution in [0.25, 0.3) is 0 Å². The molecule has 5 heteroatoms. The summed E-state index contributed by atoms with van der Waals surface area (Å²) >= 11 is 1.64. The van der Waals surface area contributed by atoms with E-state index in [0.29, 0.717) is 19.5 Å². The van der Waals surface area contributed by atoms with E-state index >= 15 is 0 Å². The Morgan fingerprint density at radius 3 is 3.27 bits per heavy atom. The van der Waals surface area contributed by atoms with Crippen LogP contribution in [0.1, 0.15) is 17.3 Å². The van der Waals surface area contributed by atoms with Crippen molar-refractivity contribution in [3.05, 3.63) is 22.4 Å². The third kappa shape index (κ3) is 2.10. The average Bonchev–Trinajstić information content (AvgIpc) is 2.83. The lowest BCUT2D eigenvalue weighted by Crippen LogP contribution is -2.28. The molecule has 4 nitrogen and oxygen atoms in total. The molecule has 0 aromatic carbocycles. The Hall–Kier alpha value is -1.54. The van der Waals surface area contributed by atoms with Crippen molar-refractivity contribution in [3.63, 3.8) is 0 Å². The lowest BCUT2D eigenvalue weighted by atomic mass is 10.2. The molecule has 1 saturated heterocycles. The monoisotopic (exact) mass is 221 g/mol. The number of carbonyl (C=O) groups excluding carboxylic acids is 1. The summed E-state index contributed by atoms with van der Waals surface area (Å²) in [6.45, 7) is 1.19. The zero-order valence-corrected chi connectivity index (χ0v) is 8.96. The van der Waals surface area contributed by atoms with E-state index in [9.17, 15) is 4.79 Å². The number of carbonyl (C=O) groups is 1. The Morgan fingerprint density at radius 1 is 1.73 bits per heavy atom. The predicted octanol–water partition coefficient (Wildman–Crippen LogP) is 1.73. The summed E-state index contributed by atoms with van der Waals surface area (Å²) in [7, 11) is 0. The highest BCUT2D eigenvalue weighted by Gasteiger charge is 2.29. The van der Waals surface area contributed by atoms with Crippen LogP contribution in [0.2, 0.25) is 0 Å². The highest BCUT2D eigenvalue weighted by molar-refractivity contribution is 7.10. The summed E-state index contributed by atoms with van der Waals surface area (Å²) in [5.41, 5.74) is 0. The number of nitrogens with zero attached hydrogens (tertiary/aromatic N) is 2. The van der Waals surface area contributed by atoms with Gasteiger partial charge in [-0.25, -0.2) is 4.79 Å². The fraction of sp³-hybridized carbons (Fsp3) is 0.400. The molecule has 1 N–H and O–H groups in total. The number of nitrogens with one attached hydrogen (secondary N) is 1. The molecule has 0 spiro atoms. The molecule has 1 aliphatic heterocycles. The van der Waals surface area contributed by atoms with Crippen LogP contribution in [0.15, 0.2) is 17.5 Å². The van der Waals surface area contributed by atoms with Crippen molar-refractivity contribution in [2.24, 2.45) is 0 Å². The Labute approximate surface area is 92.1 Å². The van der Waals surface area contributed by atoms with E-state index in [-0.39, 0.29) is 12.1 Å². The van der Waals surface area contributed by atoms with Gasteiger partial charge in [-0.15, -0.1) is 11.3 Å². The van der Waals surface area contributed by atoms with Crippen molar-refractivity contribution in [1.29, 1.82) is 5.26 Å². The molecule has 2 rings (SSSR count). The fourth-order valence-corrected chi connectivity index (χ4v) is 2.39. The van der Waals surface area contributed by atoms with Crippen LogP contribution in [-0.2, 0) is 0 Å². The molecule has 0 aliphatic carbocycles. The quantitative estimate of drug-likeness (QED) is 0.845. The lowest BCUT2D eigenvalue weighted by molar-refractivity contribution is 0.218. The summed E-state index contributed by atoms with van der Waals surface area (Å²) in [6, 6.07) is 6.07. The van der Waals surface area contributed by atoms with E-state index in [4.69, 9.17) is 5.26 Å². The van der Waals surface area contributed by atoms with Crippen molar-refractivity contribution < 1.29 is 4.79 Å². The molecular formula is C10H11N3OS. The van der Waals surface area contributed by atoms with E-state index in [1.807, 2.05) is 23.6 Å². The summed E-state index contributed by atoms with van der Waals surface area (Å²) in [6.07, 6.45) is 0.393. The number of thiophene rings is 1. The standard InChI is InChI=1S/C10H11N3OS/c11-4-2-5-13-7-8(12-10(13)14)9-3-1-6-15-9/h1,3,6,8H,2,5,7H2,(H,12,14). The average molecular weight is 221 g/mol. The van der Waals surface area contributed by atoms with Gasteiger partial charge in [0.15, 0.2) is 0 Å². The van der Waals surface area contributed by atoms with Gasteiger partial charge in [-0.1, -0.05) is 6.07 Å². The number of hydrogen-bond acceptors (Lipinski definition) is 3. The third-order valence-electron chi connectivity index (χ3n) is 2.37. The molecule has 1 fully saturated rings. The molecule has 1 unspecified atom stereocenters. The van der Waals surface area contributed by atoms with Crippen molar-refractivity contribution >= 4 is 17.4 Å². The highest BCUT2D eigenvalue weighted by atomic mass is 32.1. The third-order valence-corrected chi connectivity index (χ3v) is 3.35. The van der Waals surface area contributed by atoms with Gasteiger partial charge in [0.2, 0.25) is 0 Å². The first-order valence-electron chi connectivity index (χ1n) is 4.77. The molecule has 15 heavy (non-hydrogen) atoms. The minimum absolute atomic E-state index is 0.0661. The maximum atomic E-state index is 11.5. The second-order valence-electron chi connectivity index (χ2n) is 3.37. The van der Waals surface area contributed by atoms with E-state index in [2.05, 4.69) is 5.32 Å². The van der Waals surface area contributed by atoms with Crippen LogP contribution in [-0.4, -0.2) is 24.0 Å². The Morgan fingerprint density at radius 2 is 2.60 bits per heavy atom. The van der Waals surface area contributed by atoms with Crippen LogP contribution in [0, 0.1) is 11.3 Å². The fourth-order valence-electron chi connectivity index (χ4n) is 1.62. The summed E-state index contributed by atoms with van der Waals surface area (Å²) in [5.74, 6) is 0. The summed E-state index contributed by atoms with van der Waals surface area (Å²) in [4.78, 5) is 14.4. The van der Waals surface area contributed by atoms with Crippen molar-refractivity contribution in [1.82, 2.24) is 10.2 Å². The molecule has 0 bridgehead atoms. The topological polar surface area (TPSA) is 56.1 Å². The van der Waals surface area contributed by atoms with Crippen molar-refractivity contribution in [3.8, 4) is 6.07 Å². The first-order valence-corrected chi connectivity index (χ1v) is 5.65. The molecule has 78 valence electrons. The first-order chi connectivity index (χ1) is 7.31. The smallest absolute Gasteiger partial charge is 0.318 e. The van der Waals surface area contributed by atoms with Crippen molar-refractivity contribution in [2.45, 2.75) is 12.5 Å². The number of nitriles is 1. The minimum atomic E-state index is -0.0661. The molecule has 2 heterocycles. The predicted molar refractivity (Wildman–Crippen MR) is 57.4 cm³/mol. The Balaban J connectivity index is 1.98. The van der Waals surface area contributed by atoms with Gasteiger partial charge in [-0.05, 0) is 11.4 Å². The van der Waals surface area contributed by atoms with Crippen LogP contribution in [0.4, 0.5) is 4.79 Å². The van der Waals surface area contributed by atoms with Gasteiger partial charge in [0, 0.05) is 18.0 Å². The molecule has 0 saturated carbocycles. The maximum absolute atomic E-state index is 11.5. The van der Waals surface area contributed by atoms with Crippen LogP contribution < -0.4 is 5.32 Å². The number of amides is 2. The SMILES string of the molecule is N#CCCN1CC(c2cccs2)NC1=O. The summed E-state index contributed by atoms with van der Waals surface area (Å²) < 4.78 is 0. The number of hydrogen-bond donors (Lipinski definition) is 1. The van der Waals surface area contributed by atoms with E-state index in [1.54, 1.807) is 16.2 Å². The van der Waals surface area contributed by atoms with Crippen LogP contribution >= 0.6 is 11.3 Å². The van der Waals surface area contributed by atoms with Gasteiger partial charge in [0.05, 0.1) is 18.5 Å². The maximum Gasteiger partial charge on any atom is 0.318 e. The minimum Gasteiger partial charge on any atom is -0.329 e. The van der Waals surface area contributed by atoms with Crippen molar-refractivity contribution in [2.75, 3.05) is 13.1 Å². The number of rotatable bonds is 3. The highest BCUT2D eigenvalue weighted by Crippen LogP contribution is 2.24. The van der Waals surface area contributed by atoms with Crippen LogP contribution in [0.3, 0.4) is 0 Å². The van der Waals surface area contributed by atoms with Crippen LogP contribution in [0.5, 0.6) is 0 Å². The van der Waals surface area contributed by atoms with Gasteiger partial charge >= 0.3 is 6.03 Å². The lowest BCUT2D eigenvalue weighted by Gasteiger charge is -2.11. The van der Waals surface area contributed by atoms with Gasteiger partial charge in [0.1, 0.15) is 0 Å².